The molecule has 1 aromatic carbocycles. The van der Waals surface area contributed by atoms with E-state index >= 15 is 0 Å². The molecule has 10 heteroatoms. The van der Waals surface area contributed by atoms with Crippen molar-refractivity contribution in [3.63, 3.8) is 0 Å². The average Bonchev–Trinajstić information content (AvgIpc) is 3.21. The molecule has 0 aliphatic carbocycles. The molecule has 1 aromatic heterocycles. The molecule has 156 valence electrons. The van der Waals surface area contributed by atoms with Gasteiger partial charge in [0, 0.05) is 50.6 Å². The Morgan fingerprint density at radius 2 is 1.86 bits per heavy atom. The molecule has 0 saturated carbocycles. The lowest BCUT2D eigenvalue weighted by atomic mass is 10.2. The Morgan fingerprint density at radius 3 is 2.52 bits per heavy atom. The summed E-state index contributed by atoms with van der Waals surface area (Å²) < 4.78 is 27.4. The summed E-state index contributed by atoms with van der Waals surface area (Å²) in [6, 6.07) is 5.37. The van der Waals surface area contributed by atoms with Gasteiger partial charge in [0.2, 0.25) is 21.8 Å². The third-order valence-electron chi connectivity index (χ3n) is 4.80. The minimum Gasteiger partial charge on any atom is -0.340 e. The first kappa shape index (κ1) is 21.4. The number of nitrogens with one attached hydrogen (secondary N) is 1. The van der Waals surface area contributed by atoms with Crippen LogP contribution in [0.1, 0.15) is 24.0 Å². The highest BCUT2D eigenvalue weighted by molar-refractivity contribution is 7.89. The van der Waals surface area contributed by atoms with Crippen LogP contribution in [0, 0.1) is 13.8 Å². The summed E-state index contributed by atoms with van der Waals surface area (Å²) in [6.07, 6.45) is 1.75. The van der Waals surface area contributed by atoms with Gasteiger partial charge in [-0.25, -0.2) is 13.4 Å². The minimum absolute atomic E-state index is 0.0689. The molecule has 1 fully saturated rings. The van der Waals surface area contributed by atoms with Crippen molar-refractivity contribution in [3.8, 4) is 0 Å². The van der Waals surface area contributed by atoms with Crippen molar-refractivity contribution in [2.75, 3.05) is 31.5 Å². The van der Waals surface area contributed by atoms with Gasteiger partial charge in [-0.05, 0) is 31.0 Å². The topological polar surface area (TPSA) is 99.7 Å². The molecule has 0 atom stereocenters. The minimum atomic E-state index is -3.59. The molecule has 2 heterocycles. The summed E-state index contributed by atoms with van der Waals surface area (Å²) in [7, 11) is -3.59. The van der Waals surface area contributed by atoms with Gasteiger partial charge in [-0.2, -0.15) is 4.31 Å². The Balaban J connectivity index is 1.52. The van der Waals surface area contributed by atoms with E-state index in [1.165, 1.54) is 15.6 Å². The maximum Gasteiger partial charge on any atom is 0.243 e. The molecule has 1 N–H and O–H groups in total. The van der Waals surface area contributed by atoms with Crippen molar-refractivity contribution in [2.45, 2.75) is 31.6 Å². The first-order valence-electron chi connectivity index (χ1n) is 9.32. The maximum absolute atomic E-state index is 13.0. The van der Waals surface area contributed by atoms with Gasteiger partial charge in [-0.1, -0.05) is 12.1 Å². The zero-order valence-electron chi connectivity index (χ0n) is 16.4. The van der Waals surface area contributed by atoms with E-state index in [0.29, 0.717) is 28.7 Å². The van der Waals surface area contributed by atoms with E-state index < -0.39 is 10.0 Å². The Kier molecular flexibility index (Phi) is 6.66. The molecule has 1 aliphatic rings. The van der Waals surface area contributed by atoms with Gasteiger partial charge >= 0.3 is 0 Å². The standard InChI is InChI=1S/C19H24N4O4S2/c1-14-3-4-15(2)16(13-14)29(26,27)23-10-8-22(9-11-23)18(25)6-5-17(24)21-19-20-7-12-28-19/h3-4,7,12-13H,5-6,8-11H2,1-2H3,(H,20,21,24). The Hall–Kier alpha value is -2.30. The number of piperazine rings is 1. The zero-order chi connectivity index (χ0) is 21.0. The summed E-state index contributed by atoms with van der Waals surface area (Å²) in [5, 5.41) is 4.91. The van der Waals surface area contributed by atoms with Crippen molar-refractivity contribution < 1.29 is 18.0 Å². The normalized spacial score (nSPS) is 15.3. The summed E-state index contributed by atoms with van der Waals surface area (Å²) in [5.74, 6) is -0.410. The van der Waals surface area contributed by atoms with Gasteiger partial charge in [0.25, 0.3) is 0 Å². The van der Waals surface area contributed by atoms with E-state index in [2.05, 4.69) is 10.3 Å². The van der Waals surface area contributed by atoms with Gasteiger partial charge in [0.05, 0.1) is 4.90 Å². The predicted molar refractivity (Wildman–Crippen MR) is 111 cm³/mol. The molecule has 1 saturated heterocycles. The lowest BCUT2D eigenvalue weighted by Crippen LogP contribution is -2.50. The summed E-state index contributed by atoms with van der Waals surface area (Å²) in [5.41, 5.74) is 1.60. The number of anilines is 1. The Morgan fingerprint density at radius 1 is 1.14 bits per heavy atom. The highest BCUT2D eigenvalue weighted by atomic mass is 32.2. The molecule has 0 radical (unpaired) electrons. The van der Waals surface area contributed by atoms with E-state index in [1.54, 1.807) is 35.5 Å². The third-order valence-corrected chi connectivity index (χ3v) is 7.53. The third kappa shape index (κ3) is 5.20. The van der Waals surface area contributed by atoms with Crippen LogP contribution >= 0.6 is 11.3 Å². The van der Waals surface area contributed by atoms with E-state index in [-0.39, 0.29) is 37.7 Å². The lowest BCUT2D eigenvalue weighted by Gasteiger charge is -2.34. The molecule has 0 unspecified atom stereocenters. The van der Waals surface area contributed by atoms with Gasteiger partial charge < -0.3 is 10.2 Å². The van der Waals surface area contributed by atoms with Gasteiger partial charge in [0.15, 0.2) is 5.13 Å². The second-order valence-electron chi connectivity index (χ2n) is 6.94. The Labute approximate surface area is 174 Å². The molecule has 2 amide bonds. The number of hydrogen-bond donors (Lipinski definition) is 1. The van der Waals surface area contributed by atoms with Crippen LogP contribution in [-0.2, 0) is 19.6 Å². The second kappa shape index (κ2) is 9.02. The number of aromatic nitrogens is 1. The maximum atomic E-state index is 13.0. The van der Waals surface area contributed by atoms with Crippen molar-refractivity contribution in [2.24, 2.45) is 0 Å². The zero-order valence-corrected chi connectivity index (χ0v) is 18.1. The largest absolute Gasteiger partial charge is 0.340 e. The van der Waals surface area contributed by atoms with Crippen molar-refractivity contribution in [3.05, 3.63) is 40.9 Å². The fraction of sp³-hybridized carbons (Fsp3) is 0.421. The molecule has 1 aliphatic heterocycles. The van der Waals surface area contributed by atoms with E-state index in [9.17, 15) is 18.0 Å². The smallest absolute Gasteiger partial charge is 0.243 e. The molecule has 29 heavy (non-hydrogen) atoms. The van der Waals surface area contributed by atoms with Crippen LogP contribution in [0.2, 0.25) is 0 Å². The molecule has 8 nitrogen and oxygen atoms in total. The Bertz CT molecular complexity index is 982. The van der Waals surface area contributed by atoms with Crippen molar-refractivity contribution >= 4 is 38.3 Å². The summed E-state index contributed by atoms with van der Waals surface area (Å²) >= 11 is 1.32. The second-order valence-corrected chi connectivity index (χ2v) is 9.74. The summed E-state index contributed by atoms with van der Waals surface area (Å²) in [6.45, 7) is 4.76. The number of benzene rings is 1. The fourth-order valence-corrected chi connectivity index (χ4v) is 5.42. The number of amides is 2. The molecule has 0 spiro atoms. The van der Waals surface area contributed by atoms with Gasteiger partial charge in [-0.3, -0.25) is 9.59 Å². The van der Waals surface area contributed by atoms with Crippen LogP contribution in [0.4, 0.5) is 5.13 Å². The predicted octanol–water partition coefficient (Wildman–Crippen LogP) is 2.01. The van der Waals surface area contributed by atoms with Crippen LogP contribution < -0.4 is 5.32 Å². The molecule has 2 aromatic rings. The number of carbonyl (C=O) groups is 2. The highest BCUT2D eigenvalue weighted by Gasteiger charge is 2.31. The van der Waals surface area contributed by atoms with E-state index in [0.717, 1.165) is 5.56 Å². The molecule has 3 rings (SSSR count). The molecular formula is C19H24N4O4S2. The lowest BCUT2D eigenvalue weighted by molar-refractivity contribution is -0.133. The number of hydrogen-bond acceptors (Lipinski definition) is 6. The first-order chi connectivity index (χ1) is 13.8. The number of carbonyl (C=O) groups excluding carboxylic acids is 2. The van der Waals surface area contributed by atoms with Crippen LogP contribution in [0.25, 0.3) is 0 Å². The molecular weight excluding hydrogens is 412 g/mol. The van der Waals surface area contributed by atoms with Gasteiger partial charge in [-0.15, -0.1) is 11.3 Å². The number of aryl methyl sites for hydroxylation is 2. The van der Waals surface area contributed by atoms with Gasteiger partial charge in [0.1, 0.15) is 0 Å². The summed E-state index contributed by atoms with van der Waals surface area (Å²) in [4.78, 5) is 30.2. The SMILES string of the molecule is Cc1ccc(C)c(S(=O)(=O)N2CCN(C(=O)CCC(=O)Nc3nccs3)CC2)c1. The highest BCUT2D eigenvalue weighted by Crippen LogP contribution is 2.22. The average molecular weight is 437 g/mol. The van der Waals surface area contributed by atoms with Crippen LogP contribution in [0.5, 0.6) is 0 Å². The number of nitrogens with zero attached hydrogens (tertiary/aromatic N) is 3. The van der Waals surface area contributed by atoms with E-state index in [4.69, 9.17) is 0 Å². The number of thiazole rings is 1. The van der Waals surface area contributed by atoms with Crippen molar-refractivity contribution in [1.29, 1.82) is 0 Å². The van der Waals surface area contributed by atoms with Crippen molar-refractivity contribution in [1.82, 2.24) is 14.2 Å². The van der Waals surface area contributed by atoms with Crippen LogP contribution in [0.3, 0.4) is 0 Å². The van der Waals surface area contributed by atoms with Crippen LogP contribution in [-0.4, -0.2) is 60.6 Å². The monoisotopic (exact) mass is 436 g/mol. The number of rotatable bonds is 6. The fourth-order valence-electron chi connectivity index (χ4n) is 3.15. The van der Waals surface area contributed by atoms with Crippen LogP contribution in [0.15, 0.2) is 34.7 Å². The number of sulfonamides is 1. The van der Waals surface area contributed by atoms with E-state index in [1.807, 2.05) is 13.0 Å². The quantitative estimate of drug-likeness (QED) is 0.747. The molecule has 0 bridgehead atoms. The first-order valence-corrected chi connectivity index (χ1v) is 11.6.